The van der Waals surface area contributed by atoms with E-state index < -0.39 is 0 Å². The predicted molar refractivity (Wildman–Crippen MR) is 105 cm³/mol. The van der Waals surface area contributed by atoms with Crippen LogP contribution in [0.15, 0.2) is 42.5 Å². The van der Waals surface area contributed by atoms with Crippen LogP contribution in [-0.4, -0.2) is 42.8 Å². The first-order valence-electron chi connectivity index (χ1n) is 8.51. The lowest BCUT2D eigenvalue weighted by Gasteiger charge is -2.36. The number of carbonyl (C=O) groups excluding carboxylic acids is 2. The van der Waals surface area contributed by atoms with Gasteiger partial charge in [-0.3, -0.25) is 9.59 Å². The Morgan fingerprint density at radius 3 is 2.19 bits per heavy atom. The molecule has 1 amide bonds. The van der Waals surface area contributed by atoms with Crippen molar-refractivity contribution >= 4 is 40.6 Å². The van der Waals surface area contributed by atoms with Crippen molar-refractivity contribution in [2.45, 2.75) is 13.3 Å². The standard InChI is InChI=1S/C20H20Cl2N2O2/c1-14(25)15-3-6-18(7-4-15)23-8-10-24(11-9-23)20(26)12-16-2-5-17(21)13-19(16)22/h2-7,13H,8-12H2,1H3. The fourth-order valence-electron chi connectivity index (χ4n) is 3.06. The van der Waals surface area contributed by atoms with Gasteiger partial charge in [0.25, 0.3) is 0 Å². The van der Waals surface area contributed by atoms with Gasteiger partial charge in [0, 0.05) is 47.5 Å². The molecule has 1 heterocycles. The van der Waals surface area contributed by atoms with Crippen molar-refractivity contribution in [1.29, 1.82) is 0 Å². The van der Waals surface area contributed by atoms with E-state index in [1.165, 1.54) is 0 Å². The molecule has 136 valence electrons. The lowest BCUT2D eigenvalue weighted by molar-refractivity contribution is -0.130. The number of benzene rings is 2. The smallest absolute Gasteiger partial charge is 0.227 e. The molecule has 0 saturated carbocycles. The van der Waals surface area contributed by atoms with E-state index in [9.17, 15) is 9.59 Å². The van der Waals surface area contributed by atoms with Crippen LogP contribution >= 0.6 is 23.2 Å². The van der Waals surface area contributed by atoms with Crippen LogP contribution in [0.4, 0.5) is 5.69 Å². The third kappa shape index (κ3) is 4.37. The maximum Gasteiger partial charge on any atom is 0.227 e. The van der Waals surface area contributed by atoms with Gasteiger partial charge in [-0.25, -0.2) is 0 Å². The number of hydrogen-bond donors (Lipinski definition) is 0. The fraction of sp³-hybridized carbons (Fsp3) is 0.300. The molecule has 4 nitrogen and oxygen atoms in total. The number of ketones is 1. The van der Waals surface area contributed by atoms with Gasteiger partial charge in [0.2, 0.25) is 5.91 Å². The van der Waals surface area contributed by atoms with Crippen LogP contribution < -0.4 is 4.90 Å². The van der Waals surface area contributed by atoms with Crippen molar-refractivity contribution < 1.29 is 9.59 Å². The summed E-state index contributed by atoms with van der Waals surface area (Å²) in [6.45, 7) is 4.42. The quantitative estimate of drug-likeness (QED) is 0.738. The second kappa shape index (κ2) is 8.11. The molecule has 2 aromatic rings. The van der Waals surface area contributed by atoms with Crippen LogP contribution in [0.5, 0.6) is 0 Å². The SMILES string of the molecule is CC(=O)c1ccc(N2CCN(C(=O)Cc3ccc(Cl)cc3Cl)CC2)cc1. The van der Waals surface area contributed by atoms with Gasteiger partial charge in [0.1, 0.15) is 0 Å². The number of piperazine rings is 1. The normalized spacial score (nSPS) is 14.4. The summed E-state index contributed by atoms with van der Waals surface area (Å²) in [4.78, 5) is 28.0. The van der Waals surface area contributed by atoms with E-state index in [4.69, 9.17) is 23.2 Å². The molecule has 1 saturated heterocycles. The summed E-state index contributed by atoms with van der Waals surface area (Å²) in [6, 6.07) is 12.8. The van der Waals surface area contributed by atoms with Crippen molar-refractivity contribution in [2.24, 2.45) is 0 Å². The molecule has 1 fully saturated rings. The summed E-state index contributed by atoms with van der Waals surface area (Å²) in [5.41, 5.74) is 2.58. The van der Waals surface area contributed by atoms with Gasteiger partial charge in [0.05, 0.1) is 6.42 Å². The van der Waals surface area contributed by atoms with E-state index in [0.29, 0.717) is 28.7 Å². The Kier molecular flexibility index (Phi) is 5.84. The van der Waals surface area contributed by atoms with E-state index in [-0.39, 0.29) is 18.1 Å². The molecular formula is C20H20Cl2N2O2. The number of rotatable bonds is 4. The van der Waals surface area contributed by atoms with Crippen LogP contribution in [0.1, 0.15) is 22.8 Å². The van der Waals surface area contributed by atoms with E-state index in [1.807, 2.05) is 29.2 Å². The molecule has 6 heteroatoms. The Labute approximate surface area is 163 Å². The average Bonchev–Trinajstić information content (AvgIpc) is 2.64. The summed E-state index contributed by atoms with van der Waals surface area (Å²) >= 11 is 12.1. The summed E-state index contributed by atoms with van der Waals surface area (Å²) in [5.74, 6) is 0.133. The molecule has 0 aliphatic carbocycles. The van der Waals surface area contributed by atoms with Gasteiger partial charge in [-0.05, 0) is 48.9 Å². The Bertz CT molecular complexity index is 813. The Morgan fingerprint density at radius 1 is 0.962 bits per heavy atom. The molecular weight excluding hydrogens is 371 g/mol. The zero-order valence-corrected chi connectivity index (χ0v) is 16.1. The van der Waals surface area contributed by atoms with Gasteiger partial charge in [-0.2, -0.15) is 0 Å². The average molecular weight is 391 g/mol. The molecule has 3 rings (SSSR count). The van der Waals surface area contributed by atoms with Crippen molar-refractivity contribution in [3.05, 3.63) is 63.6 Å². The van der Waals surface area contributed by atoms with E-state index in [1.54, 1.807) is 25.1 Å². The first-order chi connectivity index (χ1) is 12.4. The van der Waals surface area contributed by atoms with Crippen LogP contribution in [0.25, 0.3) is 0 Å². The monoisotopic (exact) mass is 390 g/mol. The van der Waals surface area contributed by atoms with Crippen molar-refractivity contribution in [3.8, 4) is 0 Å². The van der Waals surface area contributed by atoms with Crippen LogP contribution in [0.3, 0.4) is 0 Å². The van der Waals surface area contributed by atoms with E-state index in [0.717, 1.165) is 24.3 Å². The lowest BCUT2D eigenvalue weighted by atomic mass is 10.1. The largest absolute Gasteiger partial charge is 0.368 e. The second-order valence-corrected chi connectivity index (χ2v) is 7.23. The summed E-state index contributed by atoms with van der Waals surface area (Å²) < 4.78 is 0. The highest BCUT2D eigenvalue weighted by atomic mass is 35.5. The van der Waals surface area contributed by atoms with E-state index >= 15 is 0 Å². The van der Waals surface area contributed by atoms with Crippen molar-refractivity contribution in [2.75, 3.05) is 31.1 Å². The molecule has 1 aliphatic rings. The molecule has 26 heavy (non-hydrogen) atoms. The molecule has 0 spiro atoms. The van der Waals surface area contributed by atoms with Gasteiger partial charge in [-0.1, -0.05) is 29.3 Å². The molecule has 0 atom stereocenters. The molecule has 2 aromatic carbocycles. The second-order valence-electron chi connectivity index (χ2n) is 6.38. The van der Waals surface area contributed by atoms with Crippen molar-refractivity contribution in [3.63, 3.8) is 0 Å². The third-order valence-electron chi connectivity index (χ3n) is 4.63. The number of hydrogen-bond acceptors (Lipinski definition) is 3. The topological polar surface area (TPSA) is 40.6 Å². The fourth-order valence-corrected chi connectivity index (χ4v) is 3.54. The van der Waals surface area contributed by atoms with Crippen LogP contribution in [0, 0.1) is 0 Å². The highest BCUT2D eigenvalue weighted by molar-refractivity contribution is 6.35. The lowest BCUT2D eigenvalue weighted by Crippen LogP contribution is -2.49. The van der Waals surface area contributed by atoms with Crippen LogP contribution in [-0.2, 0) is 11.2 Å². The molecule has 0 N–H and O–H groups in total. The Morgan fingerprint density at radius 2 is 1.62 bits per heavy atom. The first kappa shape index (κ1) is 18.7. The van der Waals surface area contributed by atoms with E-state index in [2.05, 4.69) is 4.90 Å². The number of anilines is 1. The highest BCUT2D eigenvalue weighted by Crippen LogP contribution is 2.23. The van der Waals surface area contributed by atoms with Crippen molar-refractivity contribution in [1.82, 2.24) is 4.90 Å². The summed E-state index contributed by atoms with van der Waals surface area (Å²) in [6.07, 6.45) is 0.281. The van der Waals surface area contributed by atoms with Gasteiger partial charge in [0.15, 0.2) is 5.78 Å². The number of Topliss-reactive ketones (excluding diaryl/α,β-unsaturated/α-hetero) is 1. The summed E-state index contributed by atoms with van der Waals surface area (Å²) in [5, 5.41) is 1.09. The molecule has 0 aromatic heterocycles. The first-order valence-corrected chi connectivity index (χ1v) is 9.27. The molecule has 1 aliphatic heterocycles. The minimum Gasteiger partial charge on any atom is -0.368 e. The number of halogens is 2. The van der Waals surface area contributed by atoms with Gasteiger partial charge < -0.3 is 9.80 Å². The third-order valence-corrected chi connectivity index (χ3v) is 5.22. The number of amides is 1. The predicted octanol–water partition coefficient (Wildman–Crippen LogP) is 4.09. The zero-order chi connectivity index (χ0) is 18.7. The Hall–Kier alpha value is -2.04. The zero-order valence-electron chi connectivity index (χ0n) is 14.5. The number of nitrogens with zero attached hydrogens (tertiary/aromatic N) is 2. The maximum atomic E-state index is 12.5. The minimum absolute atomic E-state index is 0.0628. The maximum absolute atomic E-state index is 12.5. The minimum atomic E-state index is 0.0628. The molecule has 0 unspecified atom stereocenters. The van der Waals surface area contributed by atoms with Crippen LogP contribution in [0.2, 0.25) is 10.0 Å². The molecule has 0 bridgehead atoms. The van der Waals surface area contributed by atoms with Gasteiger partial charge in [-0.15, -0.1) is 0 Å². The van der Waals surface area contributed by atoms with Gasteiger partial charge >= 0.3 is 0 Å². The highest BCUT2D eigenvalue weighted by Gasteiger charge is 2.22. The number of carbonyl (C=O) groups is 2. The summed E-state index contributed by atoms with van der Waals surface area (Å²) in [7, 11) is 0. The Balaban J connectivity index is 1.57. The molecule has 0 radical (unpaired) electrons.